The average Bonchev–Trinajstić information content (AvgIpc) is 2.49. The van der Waals surface area contributed by atoms with Crippen molar-refractivity contribution in [2.45, 2.75) is 39.3 Å². The van der Waals surface area contributed by atoms with Crippen molar-refractivity contribution in [1.82, 2.24) is 5.32 Å². The Kier molecular flexibility index (Phi) is 7.99. The normalized spacial score (nSPS) is 11.7. The summed E-state index contributed by atoms with van der Waals surface area (Å²) in [6, 6.07) is 6.83. The highest BCUT2D eigenvalue weighted by molar-refractivity contribution is 5.77. The topological polar surface area (TPSA) is 90.6 Å². The summed E-state index contributed by atoms with van der Waals surface area (Å²) in [4.78, 5) is 23.4. The number of hydrogen-bond donors (Lipinski definition) is 2. The van der Waals surface area contributed by atoms with Crippen LogP contribution in [0.3, 0.4) is 0 Å². The Morgan fingerprint density at radius 1 is 1.14 bits per heavy atom. The number of anilines is 1. The summed E-state index contributed by atoms with van der Waals surface area (Å²) in [5.41, 5.74) is 7.32. The highest BCUT2D eigenvalue weighted by atomic mass is 16.5. The molecule has 0 bridgehead atoms. The first-order chi connectivity index (χ1) is 10.6. The van der Waals surface area contributed by atoms with E-state index >= 15 is 0 Å². The monoisotopic (exact) mass is 308 g/mol. The zero-order valence-electron chi connectivity index (χ0n) is 13.1. The number of nitrogens with one attached hydrogen (secondary N) is 1. The molecule has 0 radical (unpaired) electrons. The van der Waals surface area contributed by atoms with Crippen LogP contribution < -0.4 is 11.1 Å². The van der Waals surface area contributed by atoms with Crippen LogP contribution in [0.4, 0.5) is 5.69 Å². The summed E-state index contributed by atoms with van der Waals surface area (Å²) in [7, 11) is 0. The van der Waals surface area contributed by atoms with Crippen LogP contribution in [-0.4, -0.2) is 31.2 Å². The maximum absolute atomic E-state index is 11.9. The van der Waals surface area contributed by atoms with E-state index in [1.54, 1.807) is 26.0 Å². The third kappa shape index (κ3) is 6.58. The zero-order chi connectivity index (χ0) is 16.4. The van der Waals surface area contributed by atoms with Gasteiger partial charge in [-0.05, 0) is 38.0 Å². The second-order valence-electron chi connectivity index (χ2n) is 4.77. The summed E-state index contributed by atoms with van der Waals surface area (Å²) >= 11 is 0. The lowest BCUT2D eigenvalue weighted by atomic mass is 10.1. The van der Waals surface area contributed by atoms with Crippen molar-refractivity contribution in [3.63, 3.8) is 0 Å². The molecule has 1 rings (SSSR count). The lowest BCUT2D eigenvalue weighted by molar-refractivity contribution is -0.147. The lowest BCUT2D eigenvalue weighted by Gasteiger charge is -2.17. The van der Waals surface area contributed by atoms with Crippen LogP contribution in [-0.2, 0) is 25.6 Å². The van der Waals surface area contributed by atoms with Crippen molar-refractivity contribution < 1.29 is 19.1 Å². The molecular formula is C16H24N2O4. The molecule has 0 aliphatic heterocycles. The van der Waals surface area contributed by atoms with Crippen LogP contribution in [0.5, 0.6) is 0 Å². The summed E-state index contributed by atoms with van der Waals surface area (Å²) in [5.74, 6) is -0.673. The lowest BCUT2D eigenvalue weighted by Crippen LogP contribution is -2.38. The average molecular weight is 308 g/mol. The molecule has 22 heavy (non-hydrogen) atoms. The van der Waals surface area contributed by atoms with E-state index < -0.39 is 6.04 Å². The van der Waals surface area contributed by atoms with Gasteiger partial charge in [0.05, 0.1) is 13.2 Å². The number of hydrogen-bond acceptors (Lipinski definition) is 6. The van der Waals surface area contributed by atoms with Gasteiger partial charge in [0.15, 0.2) is 0 Å². The molecule has 6 heteroatoms. The molecule has 1 aromatic rings. The smallest absolute Gasteiger partial charge is 0.323 e. The molecule has 0 saturated carbocycles. The van der Waals surface area contributed by atoms with Gasteiger partial charge in [0.1, 0.15) is 6.04 Å². The van der Waals surface area contributed by atoms with Crippen molar-refractivity contribution in [2.24, 2.45) is 0 Å². The number of nitrogen functional groups attached to an aromatic ring is 1. The van der Waals surface area contributed by atoms with Gasteiger partial charge in [-0.1, -0.05) is 12.1 Å². The first-order valence-electron chi connectivity index (χ1n) is 7.46. The van der Waals surface area contributed by atoms with Crippen molar-refractivity contribution in [3.05, 3.63) is 29.8 Å². The van der Waals surface area contributed by atoms with Crippen molar-refractivity contribution in [1.29, 1.82) is 0 Å². The van der Waals surface area contributed by atoms with Gasteiger partial charge in [-0.2, -0.15) is 0 Å². The fourth-order valence-corrected chi connectivity index (χ4v) is 1.92. The molecule has 0 amide bonds. The van der Waals surface area contributed by atoms with E-state index in [9.17, 15) is 9.59 Å². The second-order valence-corrected chi connectivity index (χ2v) is 4.77. The molecule has 0 spiro atoms. The van der Waals surface area contributed by atoms with Gasteiger partial charge in [0.2, 0.25) is 0 Å². The molecule has 3 N–H and O–H groups in total. The number of benzene rings is 1. The Morgan fingerprint density at radius 3 is 2.36 bits per heavy atom. The molecule has 0 aliphatic rings. The van der Waals surface area contributed by atoms with E-state index in [1.165, 1.54) is 0 Å². The van der Waals surface area contributed by atoms with Crippen LogP contribution >= 0.6 is 0 Å². The van der Waals surface area contributed by atoms with Crippen molar-refractivity contribution in [2.75, 3.05) is 18.9 Å². The Balaban J connectivity index is 2.55. The third-order valence-corrected chi connectivity index (χ3v) is 3.05. The predicted octanol–water partition coefficient (Wildman–Crippen LogP) is 1.63. The number of ether oxygens (including phenoxy) is 2. The summed E-state index contributed by atoms with van der Waals surface area (Å²) in [6.07, 6.45) is 0.513. The van der Waals surface area contributed by atoms with Gasteiger partial charge in [-0.3, -0.25) is 9.59 Å². The van der Waals surface area contributed by atoms with Gasteiger partial charge < -0.3 is 20.5 Å². The first kappa shape index (κ1) is 18.0. The Hall–Kier alpha value is -2.08. The maximum Gasteiger partial charge on any atom is 0.323 e. The minimum Gasteiger partial charge on any atom is -0.466 e. The molecule has 122 valence electrons. The standard InChI is InChI=1S/C16H24N2O4/c1-3-21-15(19)10-9-14(16(20)22-4-2)18-11-12-5-7-13(17)8-6-12/h5-8,14,18H,3-4,9-11,17H2,1-2H3/t14-/m0/s1. The highest BCUT2D eigenvalue weighted by Crippen LogP contribution is 2.07. The number of rotatable bonds is 9. The van der Waals surface area contributed by atoms with Crippen molar-refractivity contribution >= 4 is 17.6 Å². The summed E-state index contributed by atoms with van der Waals surface area (Å²) < 4.78 is 9.91. The predicted molar refractivity (Wildman–Crippen MR) is 84.0 cm³/mol. The van der Waals surface area contributed by atoms with E-state index in [0.29, 0.717) is 31.9 Å². The molecule has 6 nitrogen and oxygen atoms in total. The van der Waals surface area contributed by atoms with E-state index in [-0.39, 0.29) is 18.4 Å². The molecule has 0 aromatic heterocycles. The Morgan fingerprint density at radius 2 is 1.77 bits per heavy atom. The summed E-state index contributed by atoms with van der Waals surface area (Å²) in [6.45, 7) is 4.63. The van der Waals surface area contributed by atoms with E-state index in [0.717, 1.165) is 5.56 Å². The molecule has 0 saturated heterocycles. The molecule has 0 unspecified atom stereocenters. The SMILES string of the molecule is CCOC(=O)CC[C@H](NCc1ccc(N)cc1)C(=O)OCC. The van der Waals surface area contributed by atoms with E-state index in [1.807, 2.05) is 12.1 Å². The largest absolute Gasteiger partial charge is 0.466 e. The van der Waals surface area contributed by atoms with Gasteiger partial charge in [-0.15, -0.1) is 0 Å². The van der Waals surface area contributed by atoms with Gasteiger partial charge in [0.25, 0.3) is 0 Å². The van der Waals surface area contributed by atoms with Crippen LogP contribution in [0.25, 0.3) is 0 Å². The van der Waals surface area contributed by atoms with Crippen LogP contribution in [0, 0.1) is 0 Å². The molecule has 1 atom stereocenters. The fraction of sp³-hybridized carbons (Fsp3) is 0.500. The molecular weight excluding hydrogens is 284 g/mol. The van der Waals surface area contributed by atoms with Crippen molar-refractivity contribution in [3.8, 4) is 0 Å². The van der Waals surface area contributed by atoms with Gasteiger partial charge in [0, 0.05) is 18.7 Å². The van der Waals surface area contributed by atoms with E-state index in [4.69, 9.17) is 15.2 Å². The third-order valence-electron chi connectivity index (χ3n) is 3.05. The number of carbonyl (C=O) groups excluding carboxylic acids is 2. The fourth-order valence-electron chi connectivity index (χ4n) is 1.92. The quantitative estimate of drug-likeness (QED) is 0.532. The minimum atomic E-state index is -0.540. The minimum absolute atomic E-state index is 0.173. The summed E-state index contributed by atoms with van der Waals surface area (Å²) in [5, 5.41) is 3.11. The highest BCUT2D eigenvalue weighted by Gasteiger charge is 2.20. The Labute approximate surface area is 131 Å². The van der Waals surface area contributed by atoms with E-state index in [2.05, 4.69) is 5.32 Å². The second kappa shape index (κ2) is 9.78. The first-order valence-corrected chi connectivity index (χ1v) is 7.46. The molecule has 0 fully saturated rings. The van der Waals surface area contributed by atoms with Gasteiger partial charge in [-0.25, -0.2) is 0 Å². The number of esters is 2. The van der Waals surface area contributed by atoms with Crippen LogP contribution in [0.1, 0.15) is 32.3 Å². The zero-order valence-corrected chi connectivity index (χ0v) is 13.1. The maximum atomic E-state index is 11.9. The van der Waals surface area contributed by atoms with Gasteiger partial charge >= 0.3 is 11.9 Å². The number of nitrogens with two attached hydrogens (primary N) is 1. The molecule has 0 aliphatic carbocycles. The molecule has 0 heterocycles. The number of carbonyl (C=O) groups is 2. The van der Waals surface area contributed by atoms with Crippen LogP contribution in [0.15, 0.2) is 24.3 Å². The molecule has 1 aromatic carbocycles. The van der Waals surface area contributed by atoms with Crippen LogP contribution in [0.2, 0.25) is 0 Å². The Bertz CT molecular complexity index is 474.